The molecule has 0 bridgehead atoms. The number of methoxy groups -OCH3 is 1. The number of nitrogens with one attached hydrogen (secondary N) is 1. The molecule has 3 rings (SSSR count). The molecular formula is C12H16N6O2. The Morgan fingerprint density at radius 1 is 1.60 bits per heavy atom. The first-order valence-corrected chi connectivity index (χ1v) is 6.54. The van der Waals surface area contributed by atoms with Crippen molar-refractivity contribution in [1.29, 1.82) is 0 Å². The predicted molar refractivity (Wildman–Crippen MR) is 70.5 cm³/mol. The fourth-order valence-corrected chi connectivity index (χ4v) is 2.31. The van der Waals surface area contributed by atoms with Crippen molar-refractivity contribution in [3.05, 3.63) is 23.8 Å². The van der Waals surface area contributed by atoms with Crippen LogP contribution in [0.15, 0.2) is 12.4 Å². The number of aryl methyl sites for hydroxylation is 1. The Hall–Kier alpha value is -2.38. The molecule has 2 aromatic rings. The Labute approximate surface area is 115 Å². The summed E-state index contributed by atoms with van der Waals surface area (Å²) in [5, 5.41) is 11.7. The van der Waals surface area contributed by atoms with Gasteiger partial charge in [-0.05, 0) is 13.3 Å². The first kappa shape index (κ1) is 12.6. The summed E-state index contributed by atoms with van der Waals surface area (Å²) in [5.74, 6) is 0.132. The number of nitrogens with zero attached hydrogens (tertiary/aromatic N) is 5. The van der Waals surface area contributed by atoms with Gasteiger partial charge in [0.1, 0.15) is 0 Å². The molecule has 0 amide bonds. The van der Waals surface area contributed by atoms with Crippen LogP contribution in [0, 0.1) is 0 Å². The second-order valence-electron chi connectivity index (χ2n) is 4.56. The lowest BCUT2D eigenvalue weighted by molar-refractivity contribution is 0.0586. The molecule has 0 saturated carbocycles. The Morgan fingerprint density at radius 2 is 2.45 bits per heavy atom. The number of hydrogen-bond donors (Lipinski definition) is 1. The maximum atomic E-state index is 11.5. The Bertz CT molecular complexity index is 632. The topological polar surface area (TPSA) is 86.9 Å². The average molecular weight is 276 g/mol. The minimum atomic E-state index is -0.531. The quantitative estimate of drug-likeness (QED) is 0.830. The van der Waals surface area contributed by atoms with Gasteiger partial charge >= 0.3 is 5.97 Å². The molecule has 0 aromatic carbocycles. The number of esters is 1. The zero-order valence-electron chi connectivity index (χ0n) is 11.4. The van der Waals surface area contributed by atoms with Crippen molar-refractivity contribution in [1.82, 2.24) is 24.5 Å². The molecule has 1 aliphatic heterocycles. The highest BCUT2D eigenvalue weighted by atomic mass is 16.5. The Morgan fingerprint density at radius 3 is 3.15 bits per heavy atom. The minimum Gasteiger partial charge on any atom is -0.463 e. The summed E-state index contributed by atoms with van der Waals surface area (Å²) in [6, 6.07) is 0.0393. The van der Waals surface area contributed by atoms with Gasteiger partial charge in [0.25, 0.3) is 5.82 Å². The highest BCUT2D eigenvalue weighted by Gasteiger charge is 2.27. The number of hydrogen-bond acceptors (Lipinski definition) is 6. The largest absolute Gasteiger partial charge is 0.463 e. The predicted octanol–water partition coefficient (Wildman–Crippen LogP) is 0.686. The number of rotatable bonds is 3. The van der Waals surface area contributed by atoms with Crippen molar-refractivity contribution in [3.63, 3.8) is 0 Å². The molecule has 8 nitrogen and oxygen atoms in total. The minimum absolute atomic E-state index is 0.0393. The van der Waals surface area contributed by atoms with Gasteiger partial charge in [-0.15, -0.1) is 5.10 Å². The summed E-state index contributed by atoms with van der Waals surface area (Å²) < 4.78 is 8.25. The Balaban J connectivity index is 1.96. The first-order valence-electron chi connectivity index (χ1n) is 6.54. The van der Waals surface area contributed by atoms with E-state index in [2.05, 4.69) is 25.2 Å². The first-order chi connectivity index (χ1) is 9.72. The fraction of sp³-hybridized carbons (Fsp3) is 0.500. The maximum Gasteiger partial charge on any atom is 0.378 e. The van der Waals surface area contributed by atoms with Crippen LogP contribution in [0.1, 0.15) is 35.6 Å². The average Bonchev–Trinajstić information content (AvgIpc) is 3.12. The van der Waals surface area contributed by atoms with Crippen LogP contribution in [0.5, 0.6) is 0 Å². The number of anilines is 1. The summed E-state index contributed by atoms with van der Waals surface area (Å²) in [6.07, 6.45) is 4.70. The van der Waals surface area contributed by atoms with Gasteiger partial charge in [-0.2, -0.15) is 10.1 Å². The number of carbonyl (C=O) groups excluding carboxylic acids is 1. The number of fused-ring (bicyclic) bond motifs is 1. The van der Waals surface area contributed by atoms with Crippen LogP contribution in [0.2, 0.25) is 0 Å². The number of carbonyl (C=O) groups is 1. The van der Waals surface area contributed by atoms with Crippen LogP contribution in [-0.2, 0) is 11.3 Å². The molecule has 0 fully saturated rings. The van der Waals surface area contributed by atoms with Gasteiger partial charge in [-0.1, -0.05) is 0 Å². The molecule has 0 aliphatic carbocycles. The lowest BCUT2D eigenvalue weighted by Gasteiger charge is -2.23. The lowest BCUT2D eigenvalue weighted by atomic mass is 10.1. The molecule has 0 radical (unpaired) electrons. The molecule has 1 unspecified atom stereocenters. The van der Waals surface area contributed by atoms with E-state index >= 15 is 0 Å². The van der Waals surface area contributed by atoms with Crippen LogP contribution in [0.4, 0.5) is 5.95 Å². The highest BCUT2D eigenvalue weighted by Crippen LogP contribution is 2.28. The van der Waals surface area contributed by atoms with Crippen molar-refractivity contribution in [2.75, 3.05) is 19.0 Å². The fourth-order valence-electron chi connectivity index (χ4n) is 2.31. The molecule has 1 atom stereocenters. The van der Waals surface area contributed by atoms with Crippen molar-refractivity contribution in [2.24, 2.45) is 0 Å². The van der Waals surface area contributed by atoms with Gasteiger partial charge in [0.15, 0.2) is 0 Å². The molecule has 3 heterocycles. The Kier molecular flexibility index (Phi) is 3.13. The van der Waals surface area contributed by atoms with Gasteiger partial charge in [-0.25, -0.2) is 9.48 Å². The SMILES string of the molecule is CCn1cc(C2CCNc3nc(C(=O)OC)nn32)cn1. The normalized spacial score (nSPS) is 17.4. The zero-order valence-corrected chi connectivity index (χ0v) is 11.4. The molecule has 1 N–H and O–H groups in total. The molecule has 2 aromatic heterocycles. The van der Waals surface area contributed by atoms with Crippen molar-refractivity contribution in [3.8, 4) is 0 Å². The van der Waals surface area contributed by atoms with Crippen LogP contribution in [-0.4, -0.2) is 44.2 Å². The van der Waals surface area contributed by atoms with E-state index in [-0.39, 0.29) is 11.9 Å². The van der Waals surface area contributed by atoms with Crippen LogP contribution >= 0.6 is 0 Å². The summed E-state index contributed by atoms with van der Waals surface area (Å²) in [4.78, 5) is 15.7. The van der Waals surface area contributed by atoms with E-state index < -0.39 is 5.97 Å². The molecular weight excluding hydrogens is 260 g/mol. The monoisotopic (exact) mass is 276 g/mol. The standard InChI is InChI=1S/C12H16N6O2/c1-3-17-7-8(6-14-17)9-4-5-13-12-15-10(11(19)20-2)16-18(9)12/h6-7,9H,3-5H2,1-2H3,(H,13,15,16). The molecule has 1 aliphatic rings. The second-order valence-corrected chi connectivity index (χ2v) is 4.56. The van der Waals surface area contributed by atoms with E-state index in [0.29, 0.717) is 5.95 Å². The van der Waals surface area contributed by atoms with Crippen LogP contribution in [0.25, 0.3) is 0 Å². The third-order valence-electron chi connectivity index (χ3n) is 3.36. The van der Waals surface area contributed by atoms with E-state index in [1.807, 2.05) is 24.0 Å². The van der Waals surface area contributed by atoms with Gasteiger partial charge in [0.2, 0.25) is 5.95 Å². The van der Waals surface area contributed by atoms with E-state index in [9.17, 15) is 4.79 Å². The maximum absolute atomic E-state index is 11.5. The second kappa shape index (κ2) is 4.95. The van der Waals surface area contributed by atoms with E-state index in [1.54, 1.807) is 4.68 Å². The van der Waals surface area contributed by atoms with Crippen molar-refractivity contribution < 1.29 is 9.53 Å². The molecule has 20 heavy (non-hydrogen) atoms. The number of ether oxygens (including phenoxy) is 1. The molecule has 106 valence electrons. The third-order valence-corrected chi connectivity index (χ3v) is 3.36. The van der Waals surface area contributed by atoms with E-state index in [1.165, 1.54) is 7.11 Å². The highest BCUT2D eigenvalue weighted by molar-refractivity contribution is 5.85. The van der Waals surface area contributed by atoms with Crippen LogP contribution < -0.4 is 5.32 Å². The van der Waals surface area contributed by atoms with Crippen molar-refractivity contribution >= 4 is 11.9 Å². The lowest BCUT2D eigenvalue weighted by Crippen LogP contribution is -2.24. The summed E-state index contributed by atoms with van der Waals surface area (Å²) in [5.41, 5.74) is 1.07. The van der Waals surface area contributed by atoms with Crippen LogP contribution in [0.3, 0.4) is 0 Å². The van der Waals surface area contributed by atoms with E-state index in [4.69, 9.17) is 0 Å². The molecule has 8 heteroatoms. The van der Waals surface area contributed by atoms with Gasteiger partial charge in [0, 0.05) is 24.8 Å². The summed E-state index contributed by atoms with van der Waals surface area (Å²) in [7, 11) is 1.32. The van der Waals surface area contributed by atoms with Gasteiger partial charge < -0.3 is 10.1 Å². The molecule has 0 saturated heterocycles. The van der Waals surface area contributed by atoms with Crippen molar-refractivity contribution in [2.45, 2.75) is 25.9 Å². The summed E-state index contributed by atoms with van der Waals surface area (Å²) in [6.45, 7) is 3.64. The van der Waals surface area contributed by atoms with E-state index in [0.717, 1.165) is 25.1 Å². The number of aromatic nitrogens is 5. The summed E-state index contributed by atoms with van der Waals surface area (Å²) >= 11 is 0. The zero-order chi connectivity index (χ0) is 14.1. The van der Waals surface area contributed by atoms with Gasteiger partial charge in [0.05, 0.1) is 19.3 Å². The smallest absolute Gasteiger partial charge is 0.378 e. The third kappa shape index (κ3) is 2.02. The molecule has 0 spiro atoms. The van der Waals surface area contributed by atoms with Gasteiger partial charge in [-0.3, -0.25) is 4.68 Å².